The van der Waals surface area contributed by atoms with E-state index in [1.54, 1.807) is 4.90 Å². The zero-order valence-corrected chi connectivity index (χ0v) is 16.6. The lowest BCUT2D eigenvalue weighted by Crippen LogP contribution is -2.56. The minimum Gasteiger partial charge on any atom is -0.445 e. The number of fused-ring (bicyclic) bond motifs is 2. The highest BCUT2D eigenvalue weighted by Gasteiger charge is 2.39. The highest BCUT2D eigenvalue weighted by atomic mass is 19.4. The summed E-state index contributed by atoms with van der Waals surface area (Å²) in [4.78, 5) is 14.3. The van der Waals surface area contributed by atoms with E-state index in [-0.39, 0.29) is 37.3 Å². The number of ether oxygens (including phenoxy) is 2. The minimum absolute atomic E-state index is 0.157. The second kappa shape index (κ2) is 8.70. The molecule has 4 rings (SSSR count). The first kappa shape index (κ1) is 21.4. The van der Waals surface area contributed by atoms with Crippen LogP contribution in [-0.4, -0.2) is 36.3 Å². The molecule has 8 heteroatoms. The Bertz CT molecular complexity index is 975. The number of halogens is 4. The monoisotopic (exact) mass is 435 g/mol. The summed E-state index contributed by atoms with van der Waals surface area (Å²) in [6, 6.07) is 11.3. The normalized spacial score (nSPS) is 20.9. The Morgan fingerprint density at radius 3 is 2.58 bits per heavy atom. The van der Waals surface area contributed by atoms with Gasteiger partial charge in [-0.3, -0.25) is 4.90 Å². The number of amides is 1. The third kappa shape index (κ3) is 4.90. The standard InChI is InChI=1S/C23H21F4NO3/c24-21-11-18(23(25,26)27)7-6-17(21)8-16-9-19-13-30-14-20(10-16)28(19)22(29)31-12-15-4-2-1-3-5-15/h1-7,9,11,19-20H,8,10,12-14H2. The number of nitrogens with zero attached hydrogens (tertiary/aromatic N) is 1. The summed E-state index contributed by atoms with van der Waals surface area (Å²) < 4.78 is 63.6. The molecule has 0 N–H and O–H groups in total. The average Bonchev–Trinajstić information content (AvgIpc) is 2.73. The molecule has 4 nitrogen and oxygen atoms in total. The first-order valence-electron chi connectivity index (χ1n) is 9.93. The topological polar surface area (TPSA) is 38.8 Å². The van der Waals surface area contributed by atoms with Gasteiger partial charge in [0.1, 0.15) is 12.4 Å². The SMILES string of the molecule is O=C(OCc1ccccc1)N1C2C=C(Cc3ccc(C(F)(F)F)cc3F)CC1COC2. The second-order valence-electron chi connectivity index (χ2n) is 7.72. The molecule has 1 fully saturated rings. The maximum absolute atomic E-state index is 14.3. The van der Waals surface area contributed by atoms with Crippen molar-refractivity contribution in [3.63, 3.8) is 0 Å². The molecule has 0 aromatic heterocycles. The molecule has 0 saturated carbocycles. The molecule has 1 amide bonds. The van der Waals surface area contributed by atoms with E-state index in [1.807, 2.05) is 36.4 Å². The van der Waals surface area contributed by atoms with Crippen molar-refractivity contribution in [1.82, 2.24) is 4.90 Å². The Morgan fingerprint density at radius 1 is 1.13 bits per heavy atom. The van der Waals surface area contributed by atoms with Crippen LogP contribution in [0.25, 0.3) is 0 Å². The summed E-state index contributed by atoms with van der Waals surface area (Å²) in [7, 11) is 0. The highest BCUT2D eigenvalue weighted by molar-refractivity contribution is 5.69. The van der Waals surface area contributed by atoms with E-state index in [0.29, 0.717) is 19.1 Å². The maximum Gasteiger partial charge on any atom is 0.416 e. The molecular weight excluding hydrogens is 414 g/mol. The van der Waals surface area contributed by atoms with Gasteiger partial charge in [0.25, 0.3) is 0 Å². The van der Waals surface area contributed by atoms with Gasteiger partial charge < -0.3 is 9.47 Å². The molecule has 1 saturated heterocycles. The second-order valence-corrected chi connectivity index (χ2v) is 7.72. The Balaban J connectivity index is 1.45. The lowest BCUT2D eigenvalue weighted by molar-refractivity contribution is -0.137. The van der Waals surface area contributed by atoms with Crippen LogP contribution in [0.2, 0.25) is 0 Å². The summed E-state index contributed by atoms with van der Waals surface area (Å²) in [5.74, 6) is -0.887. The largest absolute Gasteiger partial charge is 0.445 e. The Hall–Kier alpha value is -2.87. The molecule has 0 aliphatic carbocycles. The van der Waals surface area contributed by atoms with Crippen molar-refractivity contribution in [2.45, 2.75) is 37.7 Å². The van der Waals surface area contributed by atoms with Crippen LogP contribution >= 0.6 is 0 Å². The predicted octanol–water partition coefficient (Wildman–Crippen LogP) is 5.12. The molecule has 2 aromatic carbocycles. The maximum atomic E-state index is 14.3. The molecule has 0 spiro atoms. The summed E-state index contributed by atoms with van der Waals surface area (Å²) in [5, 5.41) is 0. The molecule has 2 atom stereocenters. The summed E-state index contributed by atoms with van der Waals surface area (Å²) in [6.45, 7) is 0.767. The van der Waals surface area contributed by atoms with Crippen LogP contribution in [0.4, 0.5) is 22.4 Å². The van der Waals surface area contributed by atoms with Crippen LogP contribution in [0.3, 0.4) is 0 Å². The number of carbonyl (C=O) groups excluding carboxylic acids is 1. The quantitative estimate of drug-likeness (QED) is 0.494. The zero-order chi connectivity index (χ0) is 22.0. The van der Waals surface area contributed by atoms with E-state index in [9.17, 15) is 22.4 Å². The van der Waals surface area contributed by atoms with E-state index in [4.69, 9.17) is 9.47 Å². The summed E-state index contributed by atoms with van der Waals surface area (Å²) in [5.41, 5.74) is 0.926. The van der Waals surface area contributed by atoms with Gasteiger partial charge in [-0.05, 0) is 36.1 Å². The van der Waals surface area contributed by atoms with Crippen molar-refractivity contribution in [2.24, 2.45) is 0 Å². The van der Waals surface area contributed by atoms with E-state index < -0.39 is 23.7 Å². The Kier molecular flexibility index (Phi) is 6.00. The summed E-state index contributed by atoms with van der Waals surface area (Å²) >= 11 is 0. The average molecular weight is 435 g/mol. The number of rotatable bonds is 4. The van der Waals surface area contributed by atoms with Gasteiger partial charge in [0.15, 0.2) is 0 Å². The number of hydrogen-bond acceptors (Lipinski definition) is 3. The number of carbonyl (C=O) groups is 1. The van der Waals surface area contributed by atoms with Gasteiger partial charge in [-0.2, -0.15) is 13.2 Å². The molecule has 2 aromatic rings. The minimum atomic E-state index is -4.58. The van der Waals surface area contributed by atoms with Gasteiger partial charge in [-0.25, -0.2) is 9.18 Å². The number of alkyl halides is 3. The smallest absolute Gasteiger partial charge is 0.416 e. The van der Waals surface area contributed by atoms with E-state index in [0.717, 1.165) is 17.2 Å². The van der Waals surface area contributed by atoms with Crippen LogP contribution in [-0.2, 0) is 28.7 Å². The first-order chi connectivity index (χ1) is 14.8. The zero-order valence-electron chi connectivity index (χ0n) is 16.6. The van der Waals surface area contributed by atoms with Gasteiger partial charge in [-0.1, -0.05) is 48.0 Å². The van der Waals surface area contributed by atoms with Crippen molar-refractivity contribution in [3.8, 4) is 0 Å². The van der Waals surface area contributed by atoms with Crippen LogP contribution in [0.15, 0.2) is 60.2 Å². The fourth-order valence-corrected chi connectivity index (χ4v) is 4.01. The highest BCUT2D eigenvalue weighted by Crippen LogP contribution is 2.33. The molecule has 2 aliphatic heterocycles. The molecule has 31 heavy (non-hydrogen) atoms. The van der Waals surface area contributed by atoms with Crippen molar-refractivity contribution in [2.75, 3.05) is 13.2 Å². The molecular formula is C23H21F4NO3. The number of benzene rings is 2. The fraction of sp³-hybridized carbons (Fsp3) is 0.348. The van der Waals surface area contributed by atoms with Gasteiger partial charge >= 0.3 is 12.3 Å². The van der Waals surface area contributed by atoms with Crippen LogP contribution < -0.4 is 0 Å². The predicted molar refractivity (Wildman–Crippen MR) is 105 cm³/mol. The van der Waals surface area contributed by atoms with Gasteiger partial charge in [0.2, 0.25) is 0 Å². The van der Waals surface area contributed by atoms with Crippen molar-refractivity contribution in [1.29, 1.82) is 0 Å². The van der Waals surface area contributed by atoms with Gasteiger partial charge in [0.05, 0.1) is 30.9 Å². The van der Waals surface area contributed by atoms with Crippen molar-refractivity contribution in [3.05, 3.63) is 82.7 Å². The number of morpholine rings is 1. The molecule has 0 radical (unpaired) electrons. The van der Waals surface area contributed by atoms with Crippen LogP contribution in [0.1, 0.15) is 23.1 Å². The first-order valence-corrected chi connectivity index (χ1v) is 9.93. The third-order valence-electron chi connectivity index (χ3n) is 5.49. The number of hydrogen-bond donors (Lipinski definition) is 0. The molecule has 2 unspecified atom stereocenters. The van der Waals surface area contributed by atoms with Gasteiger partial charge in [-0.15, -0.1) is 0 Å². The molecule has 2 heterocycles. The molecule has 2 bridgehead atoms. The van der Waals surface area contributed by atoms with Crippen molar-refractivity contribution < 1.29 is 31.8 Å². The van der Waals surface area contributed by atoms with Crippen molar-refractivity contribution >= 4 is 6.09 Å². The summed E-state index contributed by atoms with van der Waals surface area (Å²) in [6.07, 6.45) is -2.57. The van der Waals surface area contributed by atoms with Crippen LogP contribution in [0.5, 0.6) is 0 Å². The lowest BCUT2D eigenvalue weighted by Gasteiger charge is -2.43. The van der Waals surface area contributed by atoms with E-state index in [2.05, 4.69) is 0 Å². The van der Waals surface area contributed by atoms with Gasteiger partial charge in [0, 0.05) is 0 Å². The lowest BCUT2D eigenvalue weighted by atomic mass is 9.90. The third-order valence-corrected chi connectivity index (χ3v) is 5.49. The van der Waals surface area contributed by atoms with Crippen LogP contribution in [0, 0.1) is 5.82 Å². The fourth-order valence-electron chi connectivity index (χ4n) is 4.01. The molecule has 2 aliphatic rings. The Morgan fingerprint density at radius 2 is 1.90 bits per heavy atom. The van der Waals surface area contributed by atoms with E-state index in [1.165, 1.54) is 6.07 Å². The van der Waals surface area contributed by atoms with E-state index >= 15 is 0 Å². The molecule has 164 valence electrons. The Labute approximate surface area is 177 Å².